The first kappa shape index (κ1) is 14.2. The van der Waals surface area contributed by atoms with Crippen molar-refractivity contribution in [1.82, 2.24) is 9.55 Å². The van der Waals surface area contributed by atoms with Gasteiger partial charge in [0.05, 0.1) is 23.4 Å². The fourth-order valence-corrected chi connectivity index (χ4v) is 2.87. The topological polar surface area (TPSA) is 91.2 Å². The Balaban J connectivity index is 1.93. The van der Waals surface area contributed by atoms with Gasteiger partial charge in [-0.3, -0.25) is 14.9 Å². The van der Waals surface area contributed by atoms with E-state index < -0.39 is 16.2 Å². The van der Waals surface area contributed by atoms with E-state index in [4.69, 9.17) is 4.42 Å². The van der Waals surface area contributed by atoms with Crippen LogP contribution in [0.3, 0.4) is 0 Å². The Bertz CT molecular complexity index is 880. The fraction of sp³-hybridized carbons (Fsp3) is 0.143. The Morgan fingerprint density at radius 1 is 1.45 bits per heavy atom. The Labute approximate surface area is 128 Å². The van der Waals surface area contributed by atoms with Crippen molar-refractivity contribution in [2.24, 2.45) is 0 Å². The molecule has 0 unspecified atom stereocenters. The third-order valence-electron chi connectivity index (χ3n) is 3.18. The molecule has 0 bridgehead atoms. The monoisotopic (exact) mass is 317 g/mol. The number of pyridine rings is 1. The van der Waals surface area contributed by atoms with E-state index in [2.05, 4.69) is 4.98 Å². The Kier molecular flexibility index (Phi) is 3.60. The molecule has 0 amide bonds. The predicted octanol–water partition coefficient (Wildman–Crippen LogP) is 2.83. The van der Waals surface area contributed by atoms with E-state index in [0.717, 1.165) is 10.6 Å². The summed E-state index contributed by atoms with van der Waals surface area (Å²) in [4.78, 5) is 26.9. The smallest absolute Gasteiger partial charge is 0.336 e. The zero-order chi connectivity index (χ0) is 15.7. The quantitative estimate of drug-likeness (QED) is 0.545. The van der Waals surface area contributed by atoms with Crippen molar-refractivity contribution in [2.75, 3.05) is 0 Å². The van der Waals surface area contributed by atoms with E-state index in [9.17, 15) is 14.9 Å². The lowest BCUT2D eigenvalue weighted by Gasteiger charge is -2.04. The van der Waals surface area contributed by atoms with Gasteiger partial charge >= 0.3 is 11.2 Å². The highest BCUT2D eigenvalue weighted by atomic mass is 32.1. The highest BCUT2D eigenvalue weighted by Gasteiger charge is 2.18. The first-order valence-corrected chi connectivity index (χ1v) is 7.25. The van der Waals surface area contributed by atoms with Gasteiger partial charge in [-0.05, 0) is 19.1 Å². The maximum atomic E-state index is 12.2. The molecule has 0 spiro atoms. The number of hydrogen-bond donors (Lipinski definition) is 0. The molecule has 0 radical (unpaired) electrons. The number of aromatic nitrogens is 2. The summed E-state index contributed by atoms with van der Waals surface area (Å²) < 4.78 is 6.30. The molecule has 3 aromatic rings. The van der Waals surface area contributed by atoms with E-state index >= 15 is 0 Å². The molecule has 3 heterocycles. The zero-order valence-electron chi connectivity index (χ0n) is 11.6. The first-order valence-electron chi connectivity index (χ1n) is 6.37. The molecule has 0 saturated heterocycles. The van der Waals surface area contributed by atoms with Crippen LogP contribution in [0, 0.1) is 17.0 Å². The second kappa shape index (κ2) is 5.57. The van der Waals surface area contributed by atoms with Crippen LogP contribution in [-0.4, -0.2) is 14.5 Å². The van der Waals surface area contributed by atoms with Crippen molar-refractivity contribution < 1.29 is 9.34 Å². The van der Waals surface area contributed by atoms with Crippen LogP contribution in [0.15, 0.2) is 45.4 Å². The van der Waals surface area contributed by atoms with Crippen LogP contribution in [-0.2, 0) is 6.54 Å². The summed E-state index contributed by atoms with van der Waals surface area (Å²) in [5.74, 6) is 0. The molecule has 8 heteroatoms. The average molecular weight is 317 g/mol. The normalized spacial score (nSPS) is 10.8. The van der Waals surface area contributed by atoms with Gasteiger partial charge in [0, 0.05) is 22.7 Å². The molecular weight excluding hydrogens is 306 g/mol. The lowest BCUT2D eigenvalue weighted by molar-refractivity contribution is -0.387. The molecule has 0 aromatic carbocycles. The number of nitro groups is 1. The minimum atomic E-state index is -0.647. The number of thiazole rings is 1. The first-order chi connectivity index (χ1) is 10.6. The molecule has 0 fully saturated rings. The molecule has 112 valence electrons. The molecular formula is C14H11N3O4S. The average Bonchev–Trinajstić information content (AvgIpc) is 3.12. The molecule has 0 aliphatic heterocycles. The minimum Gasteiger partial charge on any atom is -0.472 e. The molecule has 3 rings (SSSR count). The van der Waals surface area contributed by atoms with Gasteiger partial charge < -0.3 is 8.98 Å². The largest absolute Gasteiger partial charge is 0.472 e. The number of nitrogens with zero attached hydrogens (tertiary/aromatic N) is 3. The molecule has 0 aliphatic rings. The number of aryl methyl sites for hydroxylation is 1. The SMILES string of the molecule is Cc1ccn(Cc2csc(-c3ccoc3)n2)c(=O)c1[N+](=O)[O-]. The third kappa shape index (κ3) is 2.56. The summed E-state index contributed by atoms with van der Waals surface area (Å²) in [7, 11) is 0. The van der Waals surface area contributed by atoms with Gasteiger partial charge in [0.2, 0.25) is 0 Å². The van der Waals surface area contributed by atoms with Crippen LogP contribution in [0.4, 0.5) is 5.69 Å². The number of hydrogen-bond acceptors (Lipinski definition) is 6. The van der Waals surface area contributed by atoms with Gasteiger partial charge in [0.15, 0.2) is 0 Å². The predicted molar refractivity (Wildman–Crippen MR) is 81.0 cm³/mol. The second-order valence-electron chi connectivity index (χ2n) is 4.69. The number of furan rings is 1. The molecule has 22 heavy (non-hydrogen) atoms. The van der Waals surface area contributed by atoms with Crippen LogP contribution in [0.1, 0.15) is 11.3 Å². The summed E-state index contributed by atoms with van der Waals surface area (Å²) in [5.41, 5.74) is 0.860. The van der Waals surface area contributed by atoms with E-state index in [1.165, 1.54) is 15.9 Å². The number of rotatable bonds is 4. The van der Waals surface area contributed by atoms with E-state index in [1.54, 1.807) is 37.8 Å². The van der Waals surface area contributed by atoms with E-state index in [0.29, 0.717) is 11.3 Å². The van der Waals surface area contributed by atoms with Crippen LogP contribution in [0.2, 0.25) is 0 Å². The van der Waals surface area contributed by atoms with Crippen LogP contribution >= 0.6 is 11.3 Å². The molecule has 0 aliphatic carbocycles. The lowest BCUT2D eigenvalue weighted by Crippen LogP contribution is -2.23. The van der Waals surface area contributed by atoms with Crippen LogP contribution < -0.4 is 5.56 Å². The lowest BCUT2D eigenvalue weighted by atomic mass is 10.2. The van der Waals surface area contributed by atoms with Crippen molar-refractivity contribution >= 4 is 17.0 Å². The summed E-state index contributed by atoms with van der Waals surface area (Å²) >= 11 is 1.43. The Hall–Kier alpha value is -2.74. The van der Waals surface area contributed by atoms with Gasteiger partial charge in [-0.2, -0.15) is 0 Å². The second-order valence-corrected chi connectivity index (χ2v) is 5.55. The van der Waals surface area contributed by atoms with Gasteiger partial charge in [-0.1, -0.05) is 0 Å². The van der Waals surface area contributed by atoms with Gasteiger partial charge in [0.1, 0.15) is 11.3 Å². The van der Waals surface area contributed by atoms with Crippen LogP contribution in [0.25, 0.3) is 10.6 Å². The highest BCUT2D eigenvalue weighted by molar-refractivity contribution is 7.13. The van der Waals surface area contributed by atoms with Crippen molar-refractivity contribution in [1.29, 1.82) is 0 Å². The molecule has 7 nitrogen and oxygen atoms in total. The summed E-state index contributed by atoms with van der Waals surface area (Å²) in [5, 5.41) is 13.6. The van der Waals surface area contributed by atoms with Crippen molar-refractivity contribution in [3.63, 3.8) is 0 Å². The Morgan fingerprint density at radius 2 is 2.27 bits per heavy atom. The van der Waals surface area contributed by atoms with Gasteiger partial charge in [-0.15, -0.1) is 11.3 Å². The van der Waals surface area contributed by atoms with Crippen LogP contribution in [0.5, 0.6) is 0 Å². The van der Waals surface area contributed by atoms with Gasteiger partial charge in [-0.25, -0.2) is 4.98 Å². The summed E-state index contributed by atoms with van der Waals surface area (Å²) in [6, 6.07) is 3.36. The van der Waals surface area contributed by atoms with Crippen molar-refractivity contribution in [2.45, 2.75) is 13.5 Å². The van der Waals surface area contributed by atoms with E-state index in [1.807, 2.05) is 5.38 Å². The fourth-order valence-electron chi connectivity index (χ4n) is 2.07. The maximum Gasteiger partial charge on any atom is 0.336 e. The highest BCUT2D eigenvalue weighted by Crippen LogP contribution is 2.24. The Morgan fingerprint density at radius 3 is 2.95 bits per heavy atom. The molecule has 3 aromatic heterocycles. The van der Waals surface area contributed by atoms with Crippen molar-refractivity contribution in [3.8, 4) is 10.6 Å². The minimum absolute atomic E-state index is 0.189. The molecule has 0 saturated carbocycles. The summed E-state index contributed by atoms with van der Waals surface area (Å²) in [6.07, 6.45) is 4.69. The zero-order valence-corrected chi connectivity index (χ0v) is 12.4. The molecule has 0 atom stereocenters. The summed E-state index contributed by atoms with van der Waals surface area (Å²) in [6.45, 7) is 1.73. The van der Waals surface area contributed by atoms with E-state index in [-0.39, 0.29) is 6.54 Å². The standard InChI is InChI=1S/C14H11N3O4S/c1-9-2-4-16(14(18)12(9)17(19)20)6-11-8-22-13(15-11)10-3-5-21-7-10/h2-5,7-8H,6H2,1H3. The van der Waals surface area contributed by atoms with Crippen molar-refractivity contribution in [3.05, 3.63) is 68.0 Å². The molecule has 0 N–H and O–H groups in total. The maximum absolute atomic E-state index is 12.2. The van der Waals surface area contributed by atoms with Gasteiger partial charge in [0.25, 0.3) is 0 Å². The third-order valence-corrected chi connectivity index (χ3v) is 4.12.